The molecular weight excluding hydrogens is 380 g/mol. The van der Waals surface area contributed by atoms with Gasteiger partial charge in [-0.3, -0.25) is 9.78 Å². The van der Waals surface area contributed by atoms with Crippen LogP contribution in [0.4, 0.5) is 8.78 Å². The number of nitrogens with zero attached hydrogens (tertiary/aromatic N) is 3. The van der Waals surface area contributed by atoms with Crippen LogP contribution in [0.15, 0.2) is 16.8 Å². The molecule has 8 heteroatoms. The zero-order chi connectivity index (χ0) is 20.6. The van der Waals surface area contributed by atoms with E-state index < -0.39 is 18.4 Å². The maximum absolute atomic E-state index is 13.1. The molecule has 4 rings (SSSR count). The van der Waals surface area contributed by atoms with Gasteiger partial charge in [-0.15, -0.1) is 0 Å². The van der Waals surface area contributed by atoms with E-state index in [4.69, 9.17) is 9.26 Å². The number of rotatable bonds is 10. The number of carbonyl (C=O) groups is 1. The van der Waals surface area contributed by atoms with Gasteiger partial charge in [0.1, 0.15) is 18.1 Å². The fourth-order valence-corrected chi connectivity index (χ4v) is 3.77. The van der Waals surface area contributed by atoms with Gasteiger partial charge in [0.25, 0.3) is 6.43 Å². The Kier molecular flexibility index (Phi) is 5.36. The third kappa shape index (κ3) is 4.79. The largest absolute Gasteiger partial charge is 0.487 e. The van der Waals surface area contributed by atoms with Crippen LogP contribution >= 0.6 is 0 Å². The molecule has 0 bridgehead atoms. The van der Waals surface area contributed by atoms with Crippen molar-refractivity contribution in [2.75, 3.05) is 6.61 Å². The standard InChI is InChI=1S/C21H25F2N3O3/c1-12-25-20(26-29-12)21(2,8-13-3-4-13)9-17(27)16-7-18(28-11-19(22)23)15(10-24-16)14-5-6-14/h7,10,13-14,19H,3-6,8-9,11H2,1-2H3. The van der Waals surface area contributed by atoms with Gasteiger partial charge >= 0.3 is 0 Å². The number of hydrogen-bond donors (Lipinski definition) is 0. The summed E-state index contributed by atoms with van der Waals surface area (Å²) in [7, 11) is 0. The monoisotopic (exact) mass is 405 g/mol. The quantitative estimate of drug-likeness (QED) is 0.537. The lowest BCUT2D eigenvalue weighted by molar-refractivity contribution is 0.0812. The number of carbonyl (C=O) groups excluding carboxylic acids is 1. The summed E-state index contributed by atoms with van der Waals surface area (Å²) in [6, 6.07) is 1.51. The van der Waals surface area contributed by atoms with Crippen LogP contribution in [0.2, 0.25) is 0 Å². The number of ketones is 1. The van der Waals surface area contributed by atoms with Gasteiger partial charge < -0.3 is 9.26 Å². The van der Waals surface area contributed by atoms with Gasteiger partial charge in [-0.25, -0.2) is 8.78 Å². The number of halogens is 2. The zero-order valence-electron chi connectivity index (χ0n) is 16.7. The van der Waals surface area contributed by atoms with Gasteiger partial charge in [0, 0.05) is 36.6 Å². The number of alkyl halides is 2. The van der Waals surface area contributed by atoms with Crippen molar-refractivity contribution in [1.82, 2.24) is 15.1 Å². The summed E-state index contributed by atoms with van der Waals surface area (Å²) in [5.41, 5.74) is 0.467. The van der Waals surface area contributed by atoms with Crippen LogP contribution in [0, 0.1) is 12.8 Å². The Balaban J connectivity index is 1.56. The summed E-state index contributed by atoms with van der Waals surface area (Å²) in [5, 5.41) is 4.06. The second kappa shape index (κ2) is 7.80. The molecule has 1 atom stereocenters. The first kappa shape index (κ1) is 19.9. The first-order chi connectivity index (χ1) is 13.8. The van der Waals surface area contributed by atoms with E-state index in [0.717, 1.165) is 37.7 Å². The summed E-state index contributed by atoms with van der Waals surface area (Å²) in [6.07, 6.45) is 4.24. The third-order valence-corrected chi connectivity index (χ3v) is 5.62. The van der Waals surface area contributed by atoms with E-state index in [1.807, 2.05) is 6.92 Å². The Morgan fingerprint density at radius 3 is 2.69 bits per heavy atom. The minimum Gasteiger partial charge on any atom is -0.487 e. The highest BCUT2D eigenvalue weighted by Crippen LogP contribution is 2.45. The molecule has 2 aliphatic carbocycles. The van der Waals surface area contributed by atoms with Crippen molar-refractivity contribution in [1.29, 1.82) is 0 Å². The highest BCUT2D eigenvalue weighted by Gasteiger charge is 2.40. The SMILES string of the molecule is Cc1nc(C(C)(CC(=O)c2cc(OCC(F)F)c(C3CC3)cn2)CC2CC2)no1. The van der Waals surface area contributed by atoms with Crippen molar-refractivity contribution in [3.63, 3.8) is 0 Å². The second-order valence-electron chi connectivity index (χ2n) is 8.53. The molecule has 2 fully saturated rings. The number of pyridine rings is 1. The molecule has 6 nitrogen and oxygen atoms in total. The highest BCUT2D eigenvalue weighted by molar-refractivity contribution is 5.95. The van der Waals surface area contributed by atoms with Crippen molar-refractivity contribution in [3.8, 4) is 5.75 Å². The molecule has 0 amide bonds. The van der Waals surface area contributed by atoms with Gasteiger partial charge in [-0.05, 0) is 31.1 Å². The molecule has 2 heterocycles. The Morgan fingerprint density at radius 1 is 1.34 bits per heavy atom. The lowest BCUT2D eigenvalue weighted by Gasteiger charge is -2.25. The Labute approximate surface area is 168 Å². The zero-order valence-corrected chi connectivity index (χ0v) is 16.7. The summed E-state index contributed by atoms with van der Waals surface area (Å²) in [5.74, 6) is 1.98. The fourth-order valence-electron chi connectivity index (χ4n) is 3.77. The molecule has 0 N–H and O–H groups in total. The number of hydrogen-bond acceptors (Lipinski definition) is 6. The van der Waals surface area contributed by atoms with Crippen LogP contribution in [0.5, 0.6) is 5.75 Å². The Morgan fingerprint density at radius 2 is 2.10 bits per heavy atom. The smallest absolute Gasteiger partial charge is 0.272 e. The van der Waals surface area contributed by atoms with Gasteiger partial charge in [0.15, 0.2) is 11.6 Å². The Hall–Kier alpha value is -2.38. The van der Waals surface area contributed by atoms with E-state index in [1.54, 1.807) is 13.1 Å². The fraction of sp³-hybridized carbons (Fsp3) is 0.619. The van der Waals surface area contributed by atoms with E-state index in [0.29, 0.717) is 23.4 Å². The van der Waals surface area contributed by atoms with E-state index in [1.165, 1.54) is 6.07 Å². The van der Waals surface area contributed by atoms with Crippen molar-refractivity contribution >= 4 is 5.78 Å². The van der Waals surface area contributed by atoms with Crippen LogP contribution in [-0.2, 0) is 5.41 Å². The second-order valence-corrected chi connectivity index (χ2v) is 8.53. The van der Waals surface area contributed by atoms with E-state index >= 15 is 0 Å². The number of aromatic nitrogens is 3. The van der Waals surface area contributed by atoms with Crippen molar-refractivity contribution in [2.45, 2.75) is 70.1 Å². The predicted octanol–water partition coefficient (Wildman–Crippen LogP) is 4.63. The minimum atomic E-state index is -2.57. The topological polar surface area (TPSA) is 78.1 Å². The van der Waals surface area contributed by atoms with Crippen LogP contribution in [-0.4, -0.2) is 33.9 Å². The average molecular weight is 405 g/mol. The predicted molar refractivity (Wildman–Crippen MR) is 100 cm³/mol. The summed E-state index contributed by atoms with van der Waals surface area (Å²) >= 11 is 0. The average Bonchev–Trinajstić information content (AvgIpc) is 3.60. The van der Waals surface area contributed by atoms with Crippen molar-refractivity contribution < 1.29 is 22.8 Å². The van der Waals surface area contributed by atoms with Gasteiger partial charge in [-0.2, -0.15) is 4.98 Å². The molecule has 0 aromatic carbocycles. The number of Topliss-reactive ketones (excluding diaryl/α,β-unsaturated/α-hetero) is 1. The van der Waals surface area contributed by atoms with Crippen molar-refractivity contribution in [3.05, 3.63) is 35.2 Å². The molecule has 2 aliphatic rings. The Bertz CT molecular complexity index is 893. The molecule has 0 spiro atoms. The first-order valence-electron chi connectivity index (χ1n) is 10.1. The summed E-state index contributed by atoms with van der Waals surface area (Å²) in [4.78, 5) is 21.8. The molecule has 0 saturated heterocycles. The van der Waals surface area contributed by atoms with Crippen LogP contribution in [0.1, 0.15) is 79.1 Å². The molecule has 1 unspecified atom stereocenters. The van der Waals surface area contributed by atoms with Crippen molar-refractivity contribution in [2.24, 2.45) is 5.92 Å². The molecular formula is C21H25F2N3O3. The molecule has 29 heavy (non-hydrogen) atoms. The molecule has 2 saturated carbocycles. The van der Waals surface area contributed by atoms with Gasteiger partial charge in [0.2, 0.25) is 5.89 Å². The minimum absolute atomic E-state index is 0.173. The lowest BCUT2D eigenvalue weighted by atomic mass is 9.78. The third-order valence-electron chi connectivity index (χ3n) is 5.62. The lowest BCUT2D eigenvalue weighted by Crippen LogP contribution is -2.28. The van der Waals surface area contributed by atoms with Gasteiger partial charge in [-0.1, -0.05) is 24.9 Å². The van der Waals surface area contributed by atoms with Gasteiger partial charge in [0.05, 0.1) is 0 Å². The first-order valence-corrected chi connectivity index (χ1v) is 10.1. The summed E-state index contributed by atoms with van der Waals surface area (Å²) in [6.45, 7) is 3.00. The number of ether oxygens (including phenoxy) is 1. The molecule has 2 aromatic rings. The normalized spacial score (nSPS) is 18.7. The molecule has 156 valence electrons. The van der Waals surface area contributed by atoms with Crippen LogP contribution < -0.4 is 4.74 Å². The molecule has 2 aromatic heterocycles. The van der Waals surface area contributed by atoms with E-state index in [9.17, 15) is 13.6 Å². The number of aryl methyl sites for hydroxylation is 1. The molecule has 0 radical (unpaired) electrons. The van der Waals surface area contributed by atoms with Crippen LogP contribution in [0.3, 0.4) is 0 Å². The maximum atomic E-state index is 13.1. The molecule has 0 aliphatic heterocycles. The maximum Gasteiger partial charge on any atom is 0.272 e. The summed E-state index contributed by atoms with van der Waals surface area (Å²) < 4.78 is 35.7. The van der Waals surface area contributed by atoms with Crippen LogP contribution in [0.25, 0.3) is 0 Å². The van der Waals surface area contributed by atoms with E-state index in [-0.39, 0.29) is 23.8 Å². The highest BCUT2D eigenvalue weighted by atomic mass is 19.3. The van der Waals surface area contributed by atoms with E-state index in [2.05, 4.69) is 15.1 Å².